The lowest BCUT2D eigenvalue weighted by Crippen LogP contribution is -2.30. The minimum absolute atomic E-state index is 0.127. The number of ether oxygens (including phenoxy) is 1. The summed E-state index contributed by atoms with van der Waals surface area (Å²) in [6.07, 6.45) is 0.534. The van der Waals surface area contributed by atoms with Crippen molar-refractivity contribution < 1.29 is 9.53 Å². The second-order valence-electron chi connectivity index (χ2n) is 5.26. The van der Waals surface area contributed by atoms with Crippen molar-refractivity contribution in [1.29, 1.82) is 0 Å². The number of benzene rings is 1. The first-order valence-corrected chi connectivity index (χ1v) is 7.59. The summed E-state index contributed by atoms with van der Waals surface area (Å²) in [4.78, 5) is 13.8. The molecule has 0 aromatic heterocycles. The van der Waals surface area contributed by atoms with Crippen LogP contribution in [0.2, 0.25) is 0 Å². The summed E-state index contributed by atoms with van der Waals surface area (Å²) in [7, 11) is 1.70. The summed E-state index contributed by atoms with van der Waals surface area (Å²) in [6.45, 7) is 7.39. The summed E-state index contributed by atoms with van der Waals surface area (Å²) in [5, 5.41) is 6.37. The van der Waals surface area contributed by atoms with Gasteiger partial charge in [-0.2, -0.15) is 0 Å². The van der Waals surface area contributed by atoms with E-state index in [1.165, 1.54) is 0 Å². The van der Waals surface area contributed by atoms with Crippen LogP contribution in [-0.2, 0) is 4.79 Å². The van der Waals surface area contributed by atoms with E-state index in [4.69, 9.17) is 4.74 Å². The van der Waals surface area contributed by atoms with Crippen LogP contribution in [0.15, 0.2) is 18.2 Å². The summed E-state index contributed by atoms with van der Waals surface area (Å²) >= 11 is 0. The molecule has 0 saturated carbocycles. The maximum Gasteiger partial charge on any atom is 0.221 e. The van der Waals surface area contributed by atoms with Crippen molar-refractivity contribution in [2.24, 2.45) is 0 Å². The van der Waals surface area contributed by atoms with Gasteiger partial charge in [0, 0.05) is 43.3 Å². The second-order valence-corrected chi connectivity index (χ2v) is 5.26. The average molecular weight is 291 g/mol. The molecule has 2 rings (SSSR count). The summed E-state index contributed by atoms with van der Waals surface area (Å²) in [6, 6.07) is 6.32. The van der Waals surface area contributed by atoms with Crippen molar-refractivity contribution in [3.05, 3.63) is 23.8 Å². The van der Waals surface area contributed by atoms with Gasteiger partial charge in [0.05, 0.1) is 7.11 Å². The number of methoxy groups -OCH3 is 1. The van der Waals surface area contributed by atoms with Crippen LogP contribution in [0.3, 0.4) is 0 Å². The number of amides is 1. The molecule has 1 aliphatic heterocycles. The molecule has 1 aliphatic rings. The van der Waals surface area contributed by atoms with Crippen LogP contribution >= 0.6 is 0 Å². The van der Waals surface area contributed by atoms with Crippen molar-refractivity contribution in [3.8, 4) is 5.75 Å². The Morgan fingerprint density at radius 3 is 2.95 bits per heavy atom. The van der Waals surface area contributed by atoms with E-state index in [1.54, 1.807) is 7.11 Å². The number of hydrogen-bond acceptors (Lipinski definition) is 4. The third kappa shape index (κ3) is 3.67. The summed E-state index contributed by atoms with van der Waals surface area (Å²) < 4.78 is 5.55. The third-order valence-corrected chi connectivity index (χ3v) is 3.86. The Balaban J connectivity index is 2.35. The number of anilines is 1. The number of nitrogens with zero attached hydrogens (tertiary/aromatic N) is 1. The molecule has 1 unspecified atom stereocenters. The summed E-state index contributed by atoms with van der Waals surface area (Å²) in [5.74, 6) is 1.02. The highest BCUT2D eigenvalue weighted by molar-refractivity contribution is 5.77. The van der Waals surface area contributed by atoms with Gasteiger partial charge in [-0.3, -0.25) is 4.79 Å². The summed E-state index contributed by atoms with van der Waals surface area (Å²) in [5.41, 5.74) is 2.32. The number of rotatable bonds is 5. The normalized spacial score (nSPS) is 17.1. The fourth-order valence-corrected chi connectivity index (χ4v) is 2.84. The molecule has 116 valence electrons. The van der Waals surface area contributed by atoms with Crippen molar-refractivity contribution in [2.45, 2.75) is 26.3 Å². The zero-order chi connectivity index (χ0) is 15.2. The molecule has 0 spiro atoms. The van der Waals surface area contributed by atoms with E-state index in [9.17, 15) is 4.79 Å². The Hall–Kier alpha value is -1.75. The molecule has 0 radical (unpaired) electrons. The Morgan fingerprint density at radius 1 is 1.43 bits per heavy atom. The van der Waals surface area contributed by atoms with Gasteiger partial charge < -0.3 is 20.3 Å². The smallest absolute Gasteiger partial charge is 0.221 e. The van der Waals surface area contributed by atoms with Gasteiger partial charge in [-0.15, -0.1) is 0 Å². The number of carbonyl (C=O) groups is 1. The van der Waals surface area contributed by atoms with E-state index >= 15 is 0 Å². The van der Waals surface area contributed by atoms with Crippen molar-refractivity contribution in [1.82, 2.24) is 10.6 Å². The van der Waals surface area contributed by atoms with E-state index in [1.807, 2.05) is 12.1 Å². The van der Waals surface area contributed by atoms with Gasteiger partial charge in [-0.05, 0) is 25.6 Å². The maximum absolute atomic E-state index is 11.5. The molecule has 0 bridgehead atoms. The van der Waals surface area contributed by atoms with Crippen molar-refractivity contribution in [3.63, 3.8) is 0 Å². The molecular formula is C16H25N3O2. The topological polar surface area (TPSA) is 53.6 Å². The van der Waals surface area contributed by atoms with Crippen LogP contribution in [0, 0.1) is 0 Å². The Bertz CT molecular complexity index is 490. The molecule has 1 atom stereocenters. The minimum Gasteiger partial charge on any atom is -0.496 e. The van der Waals surface area contributed by atoms with Crippen LogP contribution in [0.1, 0.15) is 31.9 Å². The van der Waals surface area contributed by atoms with Gasteiger partial charge >= 0.3 is 0 Å². The van der Waals surface area contributed by atoms with Crippen molar-refractivity contribution in [2.75, 3.05) is 38.2 Å². The predicted molar refractivity (Wildman–Crippen MR) is 84.9 cm³/mol. The van der Waals surface area contributed by atoms with E-state index in [-0.39, 0.29) is 11.9 Å². The highest BCUT2D eigenvalue weighted by Gasteiger charge is 2.21. The van der Waals surface area contributed by atoms with E-state index < -0.39 is 0 Å². The number of carbonyl (C=O) groups excluding carboxylic acids is 1. The van der Waals surface area contributed by atoms with E-state index in [2.05, 4.69) is 35.4 Å². The van der Waals surface area contributed by atoms with Gasteiger partial charge in [0.15, 0.2) is 0 Å². The SMILES string of the molecule is CCNC(C)c1c(OC)cccc1N1CCNC(=O)CC1. The highest BCUT2D eigenvalue weighted by Crippen LogP contribution is 2.34. The average Bonchev–Trinajstić information content (AvgIpc) is 2.71. The van der Waals surface area contributed by atoms with Crippen LogP contribution < -0.4 is 20.3 Å². The highest BCUT2D eigenvalue weighted by atomic mass is 16.5. The largest absolute Gasteiger partial charge is 0.496 e. The van der Waals surface area contributed by atoms with Gasteiger partial charge in [-0.25, -0.2) is 0 Å². The molecule has 1 aromatic carbocycles. The van der Waals surface area contributed by atoms with E-state index in [0.29, 0.717) is 13.0 Å². The molecule has 1 amide bonds. The quantitative estimate of drug-likeness (QED) is 0.867. The molecule has 1 fully saturated rings. The molecule has 21 heavy (non-hydrogen) atoms. The maximum atomic E-state index is 11.5. The first-order chi connectivity index (χ1) is 10.2. The molecule has 1 aromatic rings. The van der Waals surface area contributed by atoms with E-state index in [0.717, 1.165) is 36.6 Å². The molecule has 0 aliphatic carbocycles. The molecule has 1 heterocycles. The van der Waals surface area contributed by atoms with Gasteiger partial charge in [0.1, 0.15) is 5.75 Å². The molecule has 5 nitrogen and oxygen atoms in total. The Kier molecular flexibility index (Phi) is 5.44. The van der Waals surface area contributed by atoms with Crippen LogP contribution in [0.5, 0.6) is 5.75 Å². The number of nitrogens with one attached hydrogen (secondary N) is 2. The van der Waals surface area contributed by atoms with Crippen LogP contribution in [0.4, 0.5) is 5.69 Å². The lowest BCUT2D eigenvalue weighted by atomic mass is 10.0. The third-order valence-electron chi connectivity index (χ3n) is 3.86. The standard InChI is InChI=1S/C16H25N3O2/c1-4-17-12(2)16-13(6-5-7-14(16)21-3)19-10-8-15(20)18-9-11-19/h5-7,12,17H,4,8-11H2,1-3H3,(H,18,20). The minimum atomic E-state index is 0.127. The lowest BCUT2D eigenvalue weighted by molar-refractivity contribution is -0.120. The fraction of sp³-hybridized carbons (Fsp3) is 0.562. The zero-order valence-electron chi connectivity index (χ0n) is 13.1. The van der Waals surface area contributed by atoms with Gasteiger partial charge in [0.2, 0.25) is 5.91 Å². The number of hydrogen-bond donors (Lipinski definition) is 2. The zero-order valence-corrected chi connectivity index (χ0v) is 13.1. The first-order valence-electron chi connectivity index (χ1n) is 7.59. The monoisotopic (exact) mass is 291 g/mol. The Morgan fingerprint density at radius 2 is 2.24 bits per heavy atom. The van der Waals surface area contributed by atoms with Gasteiger partial charge in [0.25, 0.3) is 0 Å². The molecule has 2 N–H and O–H groups in total. The lowest BCUT2D eigenvalue weighted by Gasteiger charge is -2.28. The fourth-order valence-electron chi connectivity index (χ4n) is 2.84. The first kappa shape index (κ1) is 15.6. The molecule has 1 saturated heterocycles. The van der Waals surface area contributed by atoms with Gasteiger partial charge in [-0.1, -0.05) is 13.0 Å². The second kappa shape index (κ2) is 7.31. The Labute approximate surface area is 126 Å². The van der Waals surface area contributed by atoms with Crippen LogP contribution in [-0.4, -0.2) is 39.2 Å². The van der Waals surface area contributed by atoms with Crippen molar-refractivity contribution >= 4 is 11.6 Å². The molecule has 5 heteroatoms. The van der Waals surface area contributed by atoms with Crippen LogP contribution in [0.25, 0.3) is 0 Å². The molecular weight excluding hydrogens is 266 g/mol. The predicted octanol–water partition coefficient (Wildman–Crippen LogP) is 1.69.